The van der Waals surface area contributed by atoms with E-state index in [1.807, 2.05) is 0 Å². The van der Waals surface area contributed by atoms with Crippen LogP contribution in [0.4, 0.5) is 14.9 Å². The van der Waals surface area contributed by atoms with Gasteiger partial charge >= 0.3 is 23.7 Å². The highest BCUT2D eigenvalue weighted by molar-refractivity contribution is 6.30. The molecule has 3 aliphatic heterocycles. The van der Waals surface area contributed by atoms with Gasteiger partial charge < -0.3 is 19.7 Å². The van der Waals surface area contributed by atoms with E-state index >= 15 is 0 Å². The van der Waals surface area contributed by atoms with Crippen LogP contribution in [-0.2, 0) is 23.9 Å². The van der Waals surface area contributed by atoms with E-state index in [1.54, 1.807) is 15.9 Å². The summed E-state index contributed by atoms with van der Waals surface area (Å²) in [6.45, 7) is 1.52. The lowest BCUT2D eigenvalue weighted by Gasteiger charge is -2.37. The molecular weight excluding hydrogens is 425 g/mol. The third kappa shape index (κ3) is 3.71. The van der Waals surface area contributed by atoms with Crippen LogP contribution in [0.1, 0.15) is 6.42 Å². The van der Waals surface area contributed by atoms with E-state index in [9.17, 15) is 28.8 Å². The third-order valence-corrected chi connectivity index (χ3v) is 5.65. The monoisotopic (exact) mass is 445 g/mol. The van der Waals surface area contributed by atoms with E-state index in [-0.39, 0.29) is 31.4 Å². The second kappa shape index (κ2) is 8.43. The van der Waals surface area contributed by atoms with Crippen molar-refractivity contribution < 1.29 is 33.0 Å². The molecule has 1 unspecified atom stereocenters. The Morgan fingerprint density at radius 1 is 1.19 bits per heavy atom. The molecule has 1 aromatic carbocycles. The Morgan fingerprint density at radius 2 is 1.94 bits per heavy atom. The van der Waals surface area contributed by atoms with Crippen LogP contribution in [0, 0.1) is 17.1 Å². The van der Waals surface area contributed by atoms with Crippen LogP contribution in [0.15, 0.2) is 24.3 Å². The van der Waals surface area contributed by atoms with Gasteiger partial charge in [0.25, 0.3) is 0 Å². The number of esters is 2. The molecule has 3 fully saturated rings. The largest absolute Gasteiger partial charge is 0.446 e. The number of nitrogens with zero attached hydrogens (tertiary/aromatic N) is 4. The maximum Gasteiger partial charge on any atom is 0.420 e. The molecule has 3 heterocycles. The van der Waals surface area contributed by atoms with E-state index in [1.165, 1.54) is 24.3 Å². The van der Waals surface area contributed by atoms with Crippen molar-refractivity contribution >= 4 is 29.6 Å². The topological polar surface area (TPSA) is 132 Å². The fourth-order valence-corrected chi connectivity index (χ4v) is 4.02. The summed E-state index contributed by atoms with van der Waals surface area (Å²) in [5.74, 6) is -3.37. The summed E-state index contributed by atoms with van der Waals surface area (Å²) < 4.78 is 23.0. The third-order valence-electron chi connectivity index (χ3n) is 5.65. The Kier molecular flexibility index (Phi) is 5.67. The second-order valence-electron chi connectivity index (χ2n) is 7.50. The van der Waals surface area contributed by atoms with Crippen LogP contribution in [0.3, 0.4) is 0 Å². The van der Waals surface area contributed by atoms with Gasteiger partial charge in [0, 0.05) is 44.8 Å². The molecule has 0 bridgehead atoms. The summed E-state index contributed by atoms with van der Waals surface area (Å²) in [7, 11) is 0. The number of likely N-dealkylation sites (tertiary alicyclic amines) is 1. The predicted molar refractivity (Wildman–Crippen MR) is 104 cm³/mol. The average molecular weight is 445 g/mol. The zero-order chi connectivity index (χ0) is 22.9. The van der Waals surface area contributed by atoms with E-state index in [0.717, 1.165) is 4.90 Å². The van der Waals surface area contributed by atoms with Crippen molar-refractivity contribution in [3.8, 4) is 6.07 Å². The molecular formula is C20H20FN5O6. The normalized spacial score (nSPS) is 24.8. The van der Waals surface area contributed by atoms with E-state index in [2.05, 4.69) is 5.32 Å². The maximum absolute atomic E-state index is 13.1. The van der Waals surface area contributed by atoms with Crippen LogP contribution in [0.5, 0.6) is 0 Å². The van der Waals surface area contributed by atoms with E-state index < -0.39 is 29.7 Å². The average Bonchev–Trinajstić information content (AvgIpc) is 3.33. The van der Waals surface area contributed by atoms with Crippen molar-refractivity contribution in [3.63, 3.8) is 0 Å². The molecule has 32 heavy (non-hydrogen) atoms. The molecule has 0 aromatic heterocycles. The Labute approximate surface area is 182 Å². The van der Waals surface area contributed by atoms with Crippen LogP contribution in [0.2, 0.25) is 0 Å². The number of amides is 3. The van der Waals surface area contributed by atoms with Gasteiger partial charge in [-0.25, -0.2) is 18.8 Å². The molecule has 12 heteroatoms. The van der Waals surface area contributed by atoms with Gasteiger partial charge in [0.05, 0.1) is 6.54 Å². The molecule has 11 nitrogen and oxygen atoms in total. The lowest BCUT2D eigenvalue weighted by Crippen LogP contribution is -2.61. The van der Waals surface area contributed by atoms with Crippen molar-refractivity contribution in [3.05, 3.63) is 30.1 Å². The number of hydrogen-bond acceptors (Lipinski definition) is 8. The minimum absolute atomic E-state index is 0.0938. The van der Waals surface area contributed by atoms with Crippen LogP contribution in [-0.4, -0.2) is 84.8 Å². The molecule has 168 valence electrons. The first-order chi connectivity index (χ1) is 15.4. The summed E-state index contributed by atoms with van der Waals surface area (Å²) in [4.78, 5) is 52.4. The van der Waals surface area contributed by atoms with Crippen molar-refractivity contribution in [1.29, 1.82) is 5.26 Å². The van der Waals surface area contributed by atoms with Gasteiger partial charge in [-0.2, -0.15) is 5.26 Å². The standard InChI is InChI=1S/C20H20FN5O6/c21-13-1-3-14(4-2-13)25-10-9-24(19(25)30)8-6-23-11-16(27)26-7-5-15-20(26,12-22)32-18(29)17(28)31-15/h1-4,15,23H,5-11H2/t15?,20-/m0/s1. The molecule has 1 aromatic rings. The van der Waals surface area contributed by atoms with Crippen LogP contribution < -0.4 is 10.2 Å². The number of halogens is 1. The number of nitriles is 1. The predicted octanol–water partition coefficient (Wildman–Crippen LogP) is -0.422. The first-order valence-electron chi connectivity index (χ1n) is 10.0. The van der Waals surface area contributed by atoms with Crippen LogP contribution >= 0.6 is 0 Å². The number of benzene rings is 1. The highest BCUT2D eigenvalue weighted by atomic mass is 19.1. The molecule has 0 spiro atoms. The number of rotatable bonds is 6. The van der Waals surface area contributed by atoms with Gasteiger partial charge in [-0.3, -0.25) is 14.6 Å². The zero-order valence-corrected chi connectivity index (χ0v) is 17.0. The Balaban J connectivity index is 1.27. The van der Waals surface area contributed by atoms with Gasteiger partial charge in [-0.05, 0) is 24.3 Å². The fourth-order valence-electron chi connectivity index (χ4n) is 4.02. The van der Waals surface area contributed by atoms with Crippen LogP contribution in [0.25, 0.3) is 0 Å². The number of carbonyl (C=O) groups is 4. The maximum atomic E-state index is 13.1. The van der Waals surface area contributed by atoms with E-state index in [4.69, 9.17) is 9.47 Å². The van der Waals surface area contributed by atoms with Crippen molar-refractivity contribution in [2.75, 3.05) is 44.2 Å². The SMILES string of the molecule is N#C[C@]12OC(=O)C(=O)OC1CCN2C(=O)CNCCN1CCN(c2ccc(F)cc2)C1=O. The molecule has 1 N–H and O–H groups in total. The Bertz CT molecular complexity index is 995. The minimum Gasteiger partial charge on any atom is -0.446 e. The summed E-state index contributed by atoms with van der Waals surface area (Å²) in [6.07, 6.45) is -0.846. The molecule has 2 atom stereocenters. The molecule has 0 aliphatic carbocycles. The van der Waals surface area contributed by atoms with Gasteiger partial charge in [0.1, 0.15) is 11.9 Å². The molecule has 3 aliphatic rings. The highest BCUT2D eigenvalue weighted by Crippen LogP contribution is 2.36. The number of nitrogens with one attached hydrogen (secondary N) is 1. The molecule has 0 radical (unpaired) electrons. The van der Waals surface area contributed by atoms with E-state index in [0.29, 0.717) is 31.9 Å². The number of carbonyl (C=O) groups excluding carboxylic acids is 4. The first-order valence-corrected chi connectivity index (χ1v) is 10.0. The van der Waals surface area contributed by atoms with Crippen molar-refractivity contribution in [2.45, 2.75) is 18.2 Å². The zero-order valence-electron chi connectivity index (χ0n) is 17.0. The Hall–Kier alpha value is -3.72. The van der Waals surface area contributed by atoms with Gasteiger partial charge in [-0.15, -0.1) is 0 Å². The lowest BCUT2D eigenvalue weighted by molar-refractivity contribution is -0.217. The smallest absolute Gasteiger partial charge is 0.420 e. The van der Waals surface area contributed by atoms with Crippen molar-refractivity contribution in [1.82, 2.24) is 15.1 Å². The summed E-state index contributed by atoms with van der Waals surface area (Å²) >= 11 is 0. The summed E-state index contributed by atoms with van der Waals surface area (Å²) in [6, 6.07) is 7.25. The van der Waals surface area contributed by atoms with Crippen molar-refractivity contribution in [2.24, 2.45) is 0 Å². The van der Waals surface area contributed by atoms with Gasteiger partial charge in [0.15, 0.2) is 6.10 Å². The summed E-state index contributed by atoms with van der Waals surface area (Å²) in [5.41, 5.74) is -1.35. The minimum atomic E-state index is -1.95. The molecule has 4 rings (SSSR count). The highest BCUT2D eigenvalue weighted by Gasteiger charge is 2.61. The Morgan fingerprint density at radius 3 is 2.66 bits per heavy atom. The van der Waals surface area contributed by atoms with Gasteiger partial charge in [0.2, 0.25) is 5.91 Å². The number of anilines is 1. The number of urea groups is 1. The quantitative estimate of drug-likeness (QED) is 0.355. The molecule has 3 amide bonds. The lowest BCUT2D eigenvalue weighted by atomic mass is 10.1. The fraction of sp³-hybridized carbons (Fsp3) is 0.450. The molecule has 0 saturated carbocycles. The number of ether oxygens (including phenoxy) is 2. The second-order valence-corrected chi connectivity index (χ2v) is 7.50. The first kappa shape index (κ1) is 21.5. The molecule has 3 saturated heterocycles. The number of hydrogen-bond donors (Lipinski definition) is 1. The number of fused-ring (bicyclic) bond motifs is 1. The summed E-state index contributed by atoms with van der Waals surface area (Å²) in [5, 5.41) is 12.5. The van der Waals surface area contributed by atoms with Gasteiger partial charge in [-0.1, -0.05) is 0 Å².